The molecule has 3 unspecified atom stereocenters. The molecule has 0 bridgehead atoms. The van der Waals surface area contributed by atoms with Gasteiger partial charge in [0.1, 0.15) is 5.75 Å². The van der Waals surface area contributed by atoms with Crippen molar-refractivity contribution in [3.8, 4) is 5.75 Å². The maximum absolute atomic E-state index is 6.37. The van der Waals surface area contributed by atoms with Gasteiger partial charge < -0.3 is 10.5 Å². The lowest BCUT2D eigenvalue weighted by molar-refractivity contribution is 0.229. The number of rotatable bonds is 4. The van der Waals surface area contributed by atoms with Gasteiger partial charge in [0.2, 0.25) is 0 Å². The number of hydrogen-bond donors (Lipinski definition) is 1. The summed E-state index contributed by atoms with van der Waals surface area (Å²) >= 11 is 0. The summed E-state index contributed by atoms with van der Waals surface area (Å²) in [6.07, 6.45) is 5.09. The summed E-state index contributed by atoms with van der Waals surface area (Å²) in [7, 11) is 0. The van der Waals surface area contributed by atoms with Crippen LogP contribution in [0.3, 0.4) is 0 Å². The second-order valence-electron chi connectivity index (χ2n) is 6.06. The van der Waals surface area contributed by atoms with Crippen LogP contribution in [0.15, 0.2) is 24.3 Å². The van der Waals surface area contributed by atoms with Crippen LogP contribution in [0.2, 0.25) is 0 Å². The zero-order valence-electron chi connectivity index (χ0n) is 12.4. The van der Waals surface area contributed by atoms with Crippen LogP contribution in [0.5, 0.6) is 5.75 Å². The molecule has 0 heterocycles. The molecule has 0 spiro atoms. The highest BCUT2D eigenvalue weighted by Gasteiger charge is 2.30. The van der Waals surface area contributed by atoms with E-state index in [-0.39, 0.29) is 12.1 Å². The summed E-state index contributed by atoms with van der Waals surface area (Å²) in [5, 5.41) is 0. The SMILES string of the molecule is CCC1CCC(N)C(c2ccccc2OC(C)C)C1. The summed E-state index contributed by atoms with van der Waals surface area (Å²) in [6, 6.07) is 8.70. The van der Waals surface area contributed by atoms with Crippen LogP contribution in [-0.4, -0.2) is 12.1 Å². The Bertz CT molecular complexity index is 402. The van der Waals surface area contributed by atoms with Gasteiger partial charge in [0.05, 0.1) is 6.10 Å². The molecular formula is C17H27NO. The lowest BCUT2D eigenvalue weighted by Crippen LogP contribution is -2.34. The first-order chi connectivity index (χ1) is 9.11. The third-order valence-corrected chi connectivity index (χ3v) is 4.27. The topological polar surface area (TPSA) is 35.2 Å². The molecule has 0 amide bonds. The van der Waals surface area contributed by atoms with E-state index in [9.17, 15) is 0 Å². The first-order valence-corrected chi connectivity index (χ1v) is 7.63. The van der Waals surface area contributed by atoms with Gasteiger partial charge in [0.15, 0.2) is 0 Å². The summed E-state index contributed by atoms with van der Waals surface area (Å²) in [6.45, 7) is 6.44. The molecular weight excluding hydrogens is 234 g/mol. The van der Waals surface area contributed by atoms with Crippen molar-refractivity contribution in [2.45, 2.75) is 64.5 Å². The molecule has 2 rings (SSSR count). The Morgan fingerprint density at radius 1 is 1.26 bits per heavy atom. The van der Waals surface area contributed by atoms with Gasteiger partial charge >= 0.3 is 0 Å². The van der Waals surface area contributed by atoms with Crippen LogP contribution in [0.4, 0.5) is 0 Å². The Kier molecular flexibility index (Phi) is 4.87. The number of para-hydroxylation sites is 1. The van der Waals surface area contributed by atoms with Crippen LogP contribution in [0.25, 0.3) is 0 Å². The normalized spacial score (nSPS) is 27.5. The Morgan fingerprint density at radius 2 is 2.00 bits per heavy atom. The average molecular weight is 261 g/mol. The van der Waals surface area contributed by atoms with Gasteiger partial charge in [0, 0.05) is 12.0 Å². The highest BCUT2D eigenvalue weighted by molar-refractivity contribution is 5.37. The quantitative estimate of drug-likeness (QED) is 0.885. The minimum atomic E-state index is 0.211. The minimum Gasteiger partial charge on any atom is -0.491 e. The third kappa shape index (κ3) is 3.50. The van der Waals surface area contributed by atoms with Crippen LogP contribution in [-0.2, 0) is 0 Å². The predicted octanol–water partition coefficient (Wildman–Crippen LogP) is 4.09. The van der Waals surface area contributed by atoms with E-state index in [0.29, 0.717) is 5.92 Å². The third-order valence-electron chi connectivity index (χ3n) is 4.27. The van der Waals surface area contributed by atoms with E-state index in [4.69, 9.17) is 10.5 Å². The zero-order chi connectivity index (χ0) is 13.8. The average Bonchev–Trinajstić information content (AvgIpc) is 2.40. The van der Waals surface area contributed by atoms with Gasteiger partial charge in [-0.2, -0.15) is 0 Å². The first kappa shape index (κ1) is 14.4. The summed E-state index contributed by atoms with van der Waals surface area (Å²) in [5.74, 6) is 2.29. The minimum absolute atomic E-state index is 0.211. The Morgan fingerprint density at radius 3 is 2.68 bits per heavy atom. The van der Waals surface area contributed by atoms with E-state index in [1.54, 1.807) is 0 Å². The van der Waals surface area contributed by atoms with Crippen LogP contribution in [0.1, 0.15) is 57.9 Å². The Hall–Kier alpha value is -1.02. The maximum Gasteiger partial charge on any atom is 0.123 e. The standard InChI is InChI=1S/C17H27NO/c1-4-13-9-10-16(18)15(11-13)14-7-5-6-8-17(14)19-12(2)3/h5-8,12-13,15-16H,4,9-11,18H2,1-3H3. The molecule has 19 heavy (non-hydrogen) atoms. The van der Waals surface area contributed by atoms with E-state index >= 15 is 0 Å². The fourth-order valence-corrected chi connectivity index (χ4v) is 3.16. The smallest absolute Gasteiger partial charge is 0.123 e. The molecule has 106 valence electrons. The van der Waals surface area contributed by atoms with Crippen molar-refractivity contribution in [2.75, 3.05) is 0 Å². The van der Waals surface area contributed by atoms with E-state index in [1.165, 1.54) is 24.8 Å². The molecule has 1 saturated carbocycles. The summed E-state index contributed by atoms with van der Waals surface area (Å²) < 4.78 is 5.96. The highest BCUT2D eigenvalue weighted by atomic mass is 16.5. The number of nitrogens with two attached hydrogens (primary N) is 1. The van der Waals surface area contributed by atoms with Crippen molar-refractivity contribution in [2.24, 2.45) is 11.7 Å². The van der Waals surface area contributed by atoms with Gasteiger partial charge in [-0.05, 0) is 50.7 Å². The van der Waals surface area contributed by atoms with Crippen molar-refractivity contribution in [1.82, 2.24) is 0 Å². The maximum atomic E-state index is 6.37. The van der Waals surface area contributed by atoms with Crippen molar-refractivity contribution >= 4 is 0 Å². The molecule has 1 fully saturated rings. The van der Waals surface area contributed by atoms with E-state index in [2.05, 4.69) is 39.0 Å². The molecule has 0 aromatic heterocycles. The molecule has 3 atom stereocenters. The fourth-order valence-electron chi connectivity index (χ4n) is 3.16. The van der Waals surface area contributed by atoms with Gasteiger partial charge in [-0.3, -0.25) is 0 Å². The van der Waals surface area contributed by atoms with Gasteiger partial charge in [0.25, 0.3) is 0 Å². The summed E-state index contributed by atoms with van der Waals surface area (Å²) in [4.78, 5) is 0. The number of hydrogen-bond acceptors (Lipinski definition) is 2. The molecule has 0 saturated heterocycles. The molecule has 0 radical (unpaired) electrons. The highest BCUT2D eigenvalue weighted by Crippen LogP contribution is 2.40. The molecule has 1 aliphatic rings. The van der Waals surface area contributed by atoms with E-state index in [1.807, 2.05) is 6.07 Å². The molecule has 1 aromatic carbocycles. The van der Waals surface area contributed by atoms with E-state index < -0.39 is 0 Å². The van der Waals surface area contributed by atoms with Crippen molar-refractivity contribution < 1.29 is 4.74 Å². The monoisotopic (exact) mass is 261 g/mol. The van der Waals surface area contributed by atoms with Gasteiger partial charge in [-0.15, -0.1) is 0 Å². The lowest BCUT2D eigenvalue weighted by Gasteiger charge is -2.35. The summed E-state index contributed by atoms with van der Waals surface area (Å²) in [5.41, 5.74) is 7.68. The van der Waals surface area contributed by atoms with Crippen molar-refractivity contribution in [3.05, 3.63) is 29.8 Å². The molecule has 1 aliphatic carbocycles. The van der Waals surface area contributed by atoms with Crippen LogP contribution in [0, 0.1) is 5.92 Å². The molecule has 0 aliphatic heterocycles. The zero-order valence-corrected chi connectivity index (χ0v) is 12.4. The predicted molar refractivity (Wildman–Crippen MR) is 80.6 cm³/mol. The number of benzene rings is 1. The molecule has 2 nitrogen and oxygen atoms in total. The molecule has 2 heteroatoms. The number of ether oxygens (including phenoxy) is 1. The lowest BCUT2D eigenvalue weighted by atomic mass is 9.74. The first-order valence-electron chi connectivity index (χ1n) is 7.63. The van der Waals surface area contributed by atoms with Crippen LogP contribution < -0.4 is 10.5 Å². The van der Waals surface area contributed by atoms with E-state index in [0.717, 1.165) is 18.1 Å². The largest absolute Gasteiger partial charge is 0.491 e. The van der Waals surface area contributed by atoms with Crippen molar-refractivity contribution in [3.63, 3.8) is 0 Å². The Labute approximate surface area is 117 Å². The second-order valence-corrected chi connectivity index (χ2v) is 6.06. The van der Waals surface area contributed by atoms with Gasteiger partial charge in [-0.1, -0.05) is 31.5 Å². The fraction of sp³-hybridized carbons (Fsp3) is 0.647. The Balaban J connectivity index is 2.23. The molecule has 2 N–H and O–H groups in total. The molecule has 1 aromatic rings. The second kappa shape index (κ2) is 6.42. The van der Waals surface area contributed by atoms with Crippen molar-refractivity contribution in [1.29, 1.82) is 0 Å². The van der Waals surface area contributed by atoms with Gasteiger partial charge in [-0.25, -0.2) is 0 Å². The van der Waals surface area contributed by atoms with Crippen LogP contribution >= 0.6 is 0 Å².